The van der Waals surface area contributed by atoms with Gasteiger partial charge in [0.2, 0.25) is 0 Å². The molecule has 0 radical (unpaired) electrons. The van der Waals surface area contributed by atoms with Crippen LogP contribution in [0.3, 0.4) is 0 Å². The van der Waals surface area contributed by atoms with Gasteiger partial charge in [-0.3, -0.25) is 9.78 Å². The number of pyridine rings is 1. The van der Waals surface area contributed by atoms with Gasteiger partial charge in [-0.1, -0.05) is 32.0 Å². The van der Waals surface area contributed by atoms with E-state index in [-0.39, 0.29) is 17.6 Å². The second-order valence-corrected chi connectivity index (χ2v) is 4.86. The van der Waals surface area contributed by atoms with Gasteiger partial charge >= 0.3 is 0 Å². The smallest absolute Gasteiger partial charge is 0.167 e. The summed E-state index contributed by atoms with van der Waals surface area (Å²) in [5, 5.41) is 1.04. The van der Waals surface area contributed by atoms with Crippen LogP contribution in [0.25, 0.3) is 10.9 Å². The topological polar surface area (TPSA) is 56.0 Å². The number of hydrogen-bond donors (Lipinski definition) is 1. The summed E-state index contributed by atoms with van der Waals surface area (Å²) in [6.07, 6.45) is 1.74. The van der Waals surface area contributed by atoms with Crippen molar-refractivity contribution in [1.29, 1.82) is 0 Å². The highest BCUT2D eigenvalue weighted by molar-refractivity contribution is 6.00. The third kappa shape index (κ3) is 2.41. The number of nitrogens with zero attached hydrogens (tertiary/aromatic N) is 1. The minimum atomic E-state index is -0.119. The first kappa shape index (κ1) is 12.7. The van der Waals surface area contributed by atoms with E-state index in [1.165, 1.54) is 0 Å². The lowest BCUT2D eigenvalue weighted by Crippen LogP contribution is -2.28. The molecule has 0 aliphatic rings. The van der Waals surface area contributed by atoms with Crippen LogP contribution in [0.2, 0.25) is 0 Å². The van der Waals surface area contributed by atoms with Gasteiger partial charge in [-0.2, -0.15) is 0 Å². The maximum Gasteiger partial charge on any atom is 0.167 e. The lowest BCUT2D eigenvalue weighted by molar-refractivity contribution is 0.0892. The van der Waals surface area contributed by atoms with E-state index >= 15 is 0 Å². The highest BCUT2D eigenvalue weighted by Crippen LogP contribution is 2.19. The molecule has 0 amide bonds. The van der Waals surface area contributed by atoms with Crippen molar-refractivity contribution in [2.75, 3.05) is 6.54 Å². The van der Waals surface area contributed by atoms with E-state index in [0.717, 1.165) is 10.9 Å². The summed E-state index contributed by atoms with van der Waals surface area (Å²) >= 11 is 0. The third-order valence-electron chi connectivity index (χ3n) is 3.29. The number of fused-ring (bicyclic) bond motifs is 1. The fraction of sp³-hybridized carbons (Fsp3) is 0.333. The molecule has 0 saturated heterocycles. The van der Waals surface area contributed by atoms with E-state index < -0.39 is 0 Å². The van der Waals surface area contributed by atoms with Crippen molar-refractivity contribution in [3.05, 3.63) is 42.1 Å². The van der Waals surface area contributed by atoms with Crippen molar-refractivity contribution in [3.8, 4) is 0 Å². The molecule has 1 unspecified atom stereocenters. The monoisotopic (exact) mass is 242 g/mol. The third-order valence-corrected chi connectivity index (χ3v) is 3.29. The van der Waals surface area contributed by atoms with E-state index in [2.05, 4.69) is 4.98 Å². The molecular formula is C15H18N2O. The summed E-state index contributed by atoms with van der Waals surface area (Å²) < 4.78 is 0. The van der Waals surface area contributed by atoms with Gasteiger partial charge in [0.05, 0.1) is 5.52 Å². The molecule has 0 fully saturated rings. The quantitative estimate of drug-likeness (QED) is 0.838. The number of aromatic nitrogens is 1. The molecule has 94 valence electrons. The summed E-state index contributed by atoms with van der Waals surface area (Å²) in [4.78, 5) is 16.6. The van der Waals surface area contributed by atoms with E-state index in [9.17, 15) is 4.79 Å². The Hall–Kier alpha value is -1.74. The summed E-state index contributed by atoms with van der Waals surface area (Å²) in [6, 6.07) is 9.52. The normalized spacial score (nSPS) is 12.9. The maximum atomic E-state index is 12.4. The van der Waals surface area contributed by atoms with Crippen molar-refractivity contribution in [2.24, 2.45) is 17.6 Å². The first-order valence-corrected chi connectivity index (χ1v) is 6.22. The number of hydrogen-bond acceptors (Lipinski definition) is 3. The Bertz CT molecular complexity index is 563. The molecule has 1 aromatic heterocycles. The van der Waals surface area contributed by atoms with Crippen LogP contribution in [-0.2, 0) is 0 Å². The van der Waals surface area contributed by atoms with Crippen molar-refractivity contribution < 1.29 is 4.79 Å². The molecule has 1 heterocycles. The predicted molar refractivity (Wildman–Crippen MR) is 73.5 cm³/mol. The molecule has 0 aliphatic heterocycles. The van der Waals surface area contributed by atoms with Crippen molar-refractivity contribution >= 4 is 16.7 Å². The number of ketones is 1. The summed E-state index contributed by atoms with van der Waals surface area (Å²) in [7, 11) is 0. The van der Waals surface area contributed by atoms with Gasteiger partial charge in [0.15, 0.2) is 5.78 Å². The SMILES string of the molecule is CC(C)C(CN)C(=O)c1ccc2cccnc2c1. The number of Topliss-reactive ketones (excluding diaryl/α,β-unsaturated/α-hetero) is 1. The first-order chi connectivity index (χ1) is 8.63. The Kier molecular flexibility index (Phi) is 3.72. The molecule has 0 saturated carbocycles. The van der Waals surface area contributed by atoms with Gasteiger partial charge in [-0.15, -0.1) is 0 Å². The van der Waals surface area contributed by atoms with Gasteiger partial charge in [0.1, 0.15) is 0 Å². The molecule has 0 aliphatic carbocycles. The molecule has 18 heavy (non-hydrogen) atoms. The van der Waals surface area contributed by atoms with Crippen LogP contribution in [-0.4, -0.2) is 17.3 Å². The lowest BCUT2D eigenvalue weighted by Gasteiger charge is -2.17. The molecule has 0 spiro atoms. The van der Waals surface area contributed by atoms with Gasteiger partial charge in [-0.05, 0) is 18.1 Å². The summed E-state index contributed by atoms with van der Waals surface area (Å²) in [5.74, 6) is 0.244. The Labute approximate surface area is 107 Å². The first-order valence-electron chi connectivity index (χ1n) is 6.22. The molecule has 0 bridgehead atoms. The highest BCUT2D eigenvalue weighted by Gasteiger charge is 2.22. The van der Waals surface area contributed by atoms with Gasteiger partial charge in [0, 0.05) is 29.6 Å². The maximum absolute atomic E-state index is 12.4. The average molecular weight is 242 g/mol. The lowest BCUT2D eigenvalue weighted by atomic mass is 9.88. The van der Waals surface area contributed by atoms with Crippen LogP contribution in [0.15, 0.2) is 36.5 Å². The van der Waals surface area contributed by atoms with Crippen molar-refractivity contribution in [1.82, 2.24) is 4.98 Å². The molecule has 2 aromatic rings. The van der Waals surface area contributed by atoms with Crippen LogP contribution in [0.4, 0.5) is 0 Å². The molecule has 3 heteroatoms. The standard InChI is InChI=1S/C15H18N2O/c1-10(2)13(9-16)15(18)12-6-5-11-4-3-7-17-14(11)8-12/h3-8,10,13H,9,16H2,1-2H3. The highest BCUT2D eigenvalue weighted by atomic mass is 16.1. The van der Waals surface area contributed by atoms with E-state index in [1.807, 2.05) is 44.2 Å². The zero-order valence-electron chi connectivity index (χ0n) is 10.8. The van der Waals surface area contributed by atoms with Gasteiger partial charge in [0.25, 0.3) is 0 Å². The van der Waals surface area contributed by atoms with Crippen LogP contribution < -0.4 is 5.73 Å². The van der Waals surface area contributed by atoms with Crippen LogP contribution >= 0.6 is 0 Å². The van der Waals surface area contributed by atoms with Crippen molar-refractivity contribution in [3.63, 3.8) is 0 Å². The minimum Gasteiger partial charge on any atom is -0.330 e. The van der Waals surface area contributed by atoms with E-state index in [1.54, 1.807) is 6.20 Å². The number of benzene rings is 1. The fourth-order valence-corrected chi connectivity index (χ4v) is 2.12. The molecular weight excluding hydrogens is 224 g/mol. The zero-order valence-corrected chi connectivity index (χ0v) is 10.8. The van der Waals surface area contributed by atoms with Crippen LogP contribution in [0.1, 0.15) is 24.2 Å². The largest absolute Gasteiger partial charge is 0.330 e. The number of nitrogens with two attached hydrogens (primary N) is 1. The van der Waals surface area contributed by atoms with Crippen molar-refractivity contribution in [2.45, 2.75) is 13.8 Å². The van der Waals surface area contributed by atoms with E-state index in [0.29, 0.717) is 12.1 Å². The number of carbonyl (C=O) groups excluding carboxylic acids is 1. The van der Waals surface area contributed by atoms with Crippen LogP contribution in [0, 0.1) is 11.8 Å². The molecule has 3 nitrogen and oxygen atoms in total. The Balaban J connectivity index is 2.38. The summed E-state index contributed by atoms with van der Waals surface area (Å²) in [5.41, 5.74) is 7.24. The Morgan fingerprint density at radius 2 is 2.11 bits per heavy atom. The van der Waals surface area contributed by atoms with Gasteiger partial charge < -0.3 is 5.73 Å². The average Bonchev–Trinajstić information content (AvgIpc) is 2.38. The second-order valence-electron chi connectivity index (χ2n) is 4.86. The molecule has 1 atom stereocenters. The number of rotatable bonds is 4. The Morgan fingerprint density at radius 3 is 2.78 bits per heavy atom. The molecule has 2 N–H and O–H groups in total. The molecule has 2 rings (SSSR count). The minimum absolute atomic E-state index is 0.111. The number of carbonyl (C=O) groups is 1. The fourth-order valence-electron chi connectivity index (χ4n) is 2.12. The van der Waals surface area contributed by atoms with E-state index in [4.69, 9.17) is 5.73 Å². The van der Waals surface area contributed by atoms with Gasteiger partial charge in [-0.25, -0.2) is 0 Å². The Morgan fingerprint density at radius 1 is 1.33 bits per heavy atom. The molecule has 1 aromatic carbocycles. The second kappa shape index (κ2) is 5.27. The predicted octanol–water partition coefficient (Wildman–Crippen LogP) is 2.65. The summed E-state index contributed by atoms with van der Waals surface area (Å²) in [6.45, 7) is 4.43. The van der Waals surface area contributed by atoms with Crippen LogP contribution in [0.5, 0.6) is 0 Å². The zero-order chi connectivity index (χ0) is 13.1.